The summed E-state index contributed by atoms with van der Waals surface area (Å²) in [4.78, 5) is 0.356. The molecule has 1 aromatic heterocycles. The standard InChI is InChI=1S/C10H7Br2N3S/c11-6-1-2-8(10(13)16)9(3-6)15-5-7(12)4-14-15/h1-5H,(H2,13,16). The minimum absolute atomic E-state index is 0.356. The largest absolute Gasteiger partial charge is 0.389 e. The van der Waals surface area contributed by atoms with Gasteiger partial charge in [-0.2, -0.15) is 5.10 Å². The Balaban J connectivity index is 2.62. The van der Waals surface area contributed by atoms with E-state index in [1.165, 1.54) is 0 Å². The lowest BCUT2D eigenvalue weighted by Crippen LogP contribution is -2.13. The number of nitrogens with zero attached hydrogens (tertiary/aromatic N) is 2. The highest BCUT2D eigenvalue weighted by molar-refractivity contribution is 9.10. The third-order valence-electron chi connectivity index (χ3n) is 2.02. The van der Waals surface area contributed by atoms with Gasteiger partial charge in [0, 0.05) is 16.2 Å². The minimum Gasteiger partial charge on any atom is -0.389 e. The van der Waals surface area contributed by atoms with E-state index in [9.17, 15) is 0 Å². The Morgan fingerprint density at radius 2 is 2.06 bits per heavy atom. The Labute approximate surface area is 115 Å². The fourth-order valence-electron chi connectivity index (χ4n) is 1.34. The number of benzene rings is 1. The van der Waals surface area contributed by atoms with Gasteiger partial charge in [-0.25, -0.2) is 4.68 Å². The van der Waals surface area contributed by atoms with Gasteiger partial charge in [-0.05, 0) is 34.1 Å². The van der Waals surface area contributed by atoms with E-state index < -0.39 is 0 Å². The van der Waals surface area contributed by atoms with Crippen LogP contribution in [0.3, 0.4) is 0 Å². The zero-order chi connectivity index (χ0) is 11.7. The monoisotopic (exact) mass is 359 g/mol. The fraction of sp³-hybridized carbons (Fsp3) is 0. The minimum atomic E-state index is 0.356. The molecule has 0 radical (unpaired) electrons. The zero-order valence-corrected chi connectivity index (χ0v) is 12.0. The van der Waals surface area contributed by atoms with Gasteiger partial charge in [0.05, 0.1) is 16.4 Å². The van der Waals surface area contributed by atoms with Gasteiger partial charge < -0.3 is 5.73 Å². The van der Waals surface area contributed by atoms with E-state index in [1.54, 1.807) is 10.9 Å². The molecular weight excluding hydrogens is 354 g/mol. The summed E-state index contributed by atoms with van der Waals surface area (Å²) < 4.78 is 3.58. The van der Waals surface area contributed by atoms with Crippen LogP contribution in [0, 0.1) is 0 Å². The molecule has 3 nitrogen and oxygen atoms in total. The van der Waals surface area contributed by atoms with Crippen LogP contribution >= 0.6 is 44.1 Å². The average Bonchev–Trinajstić information content (AvgIpc) is 2.64. The van der Waals surface area contributed by atoms with Crippen molar-refractivity contribution >= 4 is 49.1 Å². The second-order valence-corrected chi connectivity index (χ2v) is 5.40. The maximum atomic E-state index is 5.67. The molecule has 1 aromatic carbocycles. The third kappa shape index (κ3) is 2.34. The average molecular weight is 361 g/mol. The molecular formula is C10H7Br2N3S. The topological polar surface area (TPSA) is 43.8 Å². The van der Waals surface area contributed by atoms with Gasteiger partial charge in [-0.3, -0.25) is 0 Å². The van der Waals surface area contributed by atoms with E-state index in [-0.39, 0.29) is 0 Å². The van der Waals surface area contributed by atoms with Crippen molar-refractivity contribution in [3.05, 3.63) is 45.1 Å². The van der Waals surface area contributed by atoms with Gasteiger partial charge in [0.1, 0.15) is 4.99 Å². The molecule has 0 saturated carbocycles. The van der Waals surface area contributed by atoms with Crippen molar-refractivity contribution in [1.82, 2.24) is 9.78 Å². The summed E-state index contributed by atoms with van der Waals surface area (Å²) in [5.41, 5.74) is 7.33. The van der Waals surface area contributed by atoms with Gasteiger partial charge in [0.2, 0.25) is 0 Å². The number of halogens is 2. The van der Waals surface area contributed by atoms with Gasteiger partial charge in [-0.15, -0.1) is 0 Å². The highest BCUT2D eigenvalue weighted by Gasteiger charge is 2.08. The highest BCUT2D eigenvalue weighted by atomic mass is 79.9. The molecule has 0 aliphatic heterocycles. The van der Waals surface area contributed by atoms with Crippen LogP contribution in [0.4, 0.5) is 0 Å². The number of aromatic nitrogens is 2. The molecule has 1 heterocycles. The maximum absolute atomic E-state index is 5.67. The van der Waals surface area contributed by atoms with Crippen molar-refractivity contribution in [2.45, 2.75) is 0 Å². The lowest BCUT2D eigenvalue weighted by Gasteiger charge is -2.08. The van der Waals surface area contributed by atoms with Crippen LogP contribution in [0.15, 0.2) is 39.5 Å². The van der Waals surface area contributed by atoms with Crippen LogP contribution in [0.2, 0.25) is 0 Å². The molecule has 0 aliphatic carbocycles. The predicted octanol–water partition coefficient (Wildman–Crippen LogP) is 3.03. The zero-order valence-electron chi connectivity index (χ0n) is 8.02. The molecule has 0 saturated heterocycles. The molecule has 2 rings (SSSR count). The van der Waals surface area contributed by atoms with E-state index in [0.717, 1.165) is 20.2 Å². The van der Waals surface area contributed by atoms with Crippen LogP contribution in [0.25, 0.3) is 5.69 Å². The molecule has 0 bridgehead atoms. The lowest BCUT2D eigenvalue weighted by atomic mass is 10.2. The van der Waals surface area contributed by atoms with Crippen molar-refractivity contribution in [3.8, 4) is 5.69 Å². The Morgan fingerprint density at radius 1 is 1.31 bits per heavy atom. The fourth-order valence-corrected chi connectivity index (χ4v) is 2.14. The Hall–Kier alpha value is -0.720. The summed E-state index contributed by atoms with van der Waals surface area (Å²) in [6, 6.07) is 5.70. The van der Waals surface area contributed by atoms with Crippen LogP contribution in [0.5, 0.6) is 0 Å². The summed E-state index contributed by atoms with van der Waals surface area (Å²) in [5, 5.41) is 4.20. The first-order valence-corrected chi connectivity index (χ1v) is 6.37. The van der Waals surface area contributed by atoms with Crippen LogP contribution in [-0.4, -0.2) is 14.8 Å². The molecule has 0 aliphatic rings. The molecule has 16 heavy (non-hydrogen) atoms. The van der Waals surface area contributed by atoms with Crippen LogP contribution < -0.4 is 5.73 Å². The summed E-state index contributed by atoms with van der Waals surface area (Å²) in [5.74, 6) is 0. The number of nitrogens with two attached hydrogens (primary N) is 1. The van der Waals surface area contributed by atoms with E-state index in [0.29, 0.717) is 4.99 Å². The number of thiocarbonyl (C=S) groups is 1. The second-order valence-electron chi connectivity index (χ2n) is 3.13. The quantitative estimate of drug-likeness (QED) is 0.837. The molecule has 2 aromatic rings. The Morgan fingerprint density at radius 3 is 2.62 bits per heavy atom. The second kappa shape index (κ2) is 4.65. The first-order chi connectivity index (χ1) is 7.58. The van der Waals surface area contributed by atoms with Gasteiger partial charge in [-0.1, -0.05) is 28.1 Å². The van der Waals surface area contributed by atoms with E-state index in [1.807, 2.05) is 24.4 Å². The first kappa shape index (κ1) is 11.8. The Kier molecular flexibility index (Phi) is 3.41. The third-order valence-corrected chi connectivity index (χ3v) is 3.15. The number of hydrogen-bond acceptors (Lipinski definition) is 2. The van der Waals surface area contributed by atoms with Crippen LogP contribution in [0.1, 0.15) is 5.56 Å². The van der Waals surface area contributed by atoms with Gasteiger partial charge in [0.15, 0.2) is 0 Å². The molecule has 0 fully saturated rings. The van der Waals surface area contributed by atoms with Gasteiger partial charge >= 0.3 is 0 Å². The van der Waals surface area contributed by atoms with Crippen molar-refractivity contribution in [2.24, 2.45) is 5.73 Å². The molecule has 0 unspecified atom stereocenters. The summed E-state index contributed by atoms with van der Waals surface area (Å²) in [6.07, 6.45) is 3.56. The lowest BCUT2D eigenvalue weighted by molar-refractivity contribution is 0.878. The summed E-state index contributed by atoms with van der Waals surface area (Å²) >= 11 is 11.8. The summed E-state index contributed by atoms with van der Waals surface area (Å²) in [7, 11) is 0. The maximum Gasteiger partial charge on any atom is 0.106 e. The van der Waals surface area contributed by atoms with Crippen molar-refractivity contribution in [3.63, 3.8) is 0 Å². The van der Waals surface area contributed by atoms with E-state index in [4.69, 9.17) is 18.0 Å². The number of rotatable bonds is 2. The number of hydrogen-bond donors (Lipinski definition) is 1. The first-order valence-electron chi connectivity index (χ1n) is 4.38. The summed E-state index contributed by atoms with van der Waals surface area (Å²) in [6.45, 7) is 0. The van der Waals surface area contributed by atoms with E-state index >= 15 is 0 Å². The van der Waals surface area contributed by atoms with Crippen molar-refractivity contribution < 1.29 is 0 Å². The van der Waals surface area contributed by atoms with Gasteiger partial charge in [0.25, 0.3) is 0 Å². The normalized spacial score (nSPS) is 10.4. The molecule has 0 atom stereocenters. The predicted molar refractivity (Wildman–Crippen MR) is 74.9 cm³/mol. The molecule has 2 N–H and O–H groups in total. The smallest absolute Gasteiger partial charge is 0.106 e. The van der Waals surface area contributed by atoms with Crippen LogP contribution in [-0.2, 0) is 0 Å². The SMILES string of the molecule is NC(=S)c1ccc(Br)cc1-n1cc(Br)cn1. The molecule has 0 amide bonds. The van der Waals surface area contributed by atoms with E-state index in [2.05, 4.69) is 37.0 Å². The molecule has 6 heteroatoms. The Bertz CT molecular complexity index is 551. The highest BCUT2D eigenvalue weighted by Crippen LogP contribution is 2.21. The molecule has 82 valence electrons. The molecule has 0 spiro atoms. The van der Waals surface area contributed by atoms with Crippen molar-refractivity contribution in [1.29, 1.82) is 0 Å². The van der Waals surface area contributed by atoms with Crippen molar-refractivity contribution in [2.75, 3.05) is 0 Å².